The summed E-state index contributed by atoms with van der Waals surface area (Å²) in [7, 11) is 0. The zero-order valence-electron chi connectivity index (χ0n) is 11.5. The van der Waals surface area contributed by atoms with Gasteiger partial charge in [-0.25, -0.2) is 0 Å². The van der Waals surface area contributed by atoms with Gasteiger partial charge < -0.3 is 10.4 Å². The number of carbonyl (C=O) groups is 1. The molecule has 2 fully saturated rings. The van der Waals surface area contributed by atoms with E-state index in [0.717, 1.165) is 25.9 Å². The van der Waals surface area contributed by atoms with Gasteiger partial charge in [-0.2, -0.15) is 0 Å². The number of nitrogens with one attached hydrogen (secondary N) is 1. The van der Waals surface area contributed by atoms with Gasteiger partial charge in [0.1, 0.15) is 0 Å². The molecule has 2 aliphatic rings. The van der Waals surface area contributed by atoms with Crippen LogP contribution in [-0.2, 0) is 4.79 Å². The second kappa shape index (κ2) is 6.02. The summed E-state index contributed by atoms with van der Waals surface area (Å²) in [6, 6.07) is -0.0300. The number of hydrogen-bond acceptors (Lipinski definition) is 3. The molecule has 4 heteroatoms. The van der Waals surface area contributed by atoms with Gasteiger partial charge in [0.05, 0.1) is 12.6 Å². The molecule has 4 nitrogen and oxygen atoms in total. The Labute approximate surface area is 110 Å². The number of hydrogen-bond donors (Lipinski definition) is 2. The van der Waals surface area contributed by atoms with Gasteiger partial charge in [-0.15, -0.1) is 0 Å². The summed E-state index contributed by atoms with van der Waals surface area (Å²) < 4.78 is 0. The fourth-order valence-electron chi connectivity index (χ4n) is 2.64. The lowest BCUT2D eigenvalue weighted by molar-refractivity contribution is -0.126. The maximum Gasteiger partial charge on any atom is 0.237 e. The summed E-state index contributed by atoms with van der Waals surface area (Å²) in [5.74, 6) is 0.122. The zero-order chi connectivity index (χ0) is 13.0. The number of rotatable bonds is 5. The summed E-state index contributed by atoms with van der Waals surface area (Å²) in [5.41, 5.74) is 0.00810. The van der Waals surface area contributed by atoms with Crippen LogP contribution in [0, 0.1) is 5.41 Å². The molecule has 2 rings (SSSR count). The van der Waals surface area contributed by atoms with Gasteiger partial charge in [0.15, 0.2) is 0 Å². The Balaban J connectivity index is 1.76. The molecule has 0 radical (unpaired) electrons. The van der Waals surface area contributed by atoms with Crippen molar-refractivity contribution in [3.63, 3.8) is 0 Å². The van der Waals surface area contributed by atoms with Gasteiger partial charge in [0.2, 0.25) is 5.91 Å². The Hall–Kier alpha value is -0.610. The van der Waals surface area contributed by atoms with Crippen molar-refractivity contribution in [2.75, 3.05) is 26.2 Å². The van der Waals surface area contributed by atoms with Crippen molar-refractivity contribution in [1.82, 2.24) is 10.2 Å². The maximum absolute atomic E-state index is 12.1. The van der Waals surface area contributed by atoms with Crippen LogP contribution in [0.1, 0.15) is 45.4 Å². The molecule has 1 heterocycles. The first-order valence-electron chi connectivity index (χ1n) is 7.29. The summed E-state index contributed by atoms with van der Waals surface area (Å²) in [6.07, 6.45) is 7.08. The number of aliphatic hydroxyl groups is 1. The minimum Gasteiger partial charge on any atom is -0.396 e. The smallest absolute Gasteiger partial charge is 0.237 e. The molecule has 0 aromatic carbocycles. The molecule has 1 amide bonds. The van der Waals surface area contributed by atoms with Crippen LogP contribution >= 0.6 is 0 Å². The van der Waals surface area contributed by atoms with E-state index in [9.17, 15) is 9.90 Å². The number of aliphatic hydroxyl groups excluding tert-OH is 1. The van der Waals surface area contributed by atoms with E-state index in [2.05, 4.69) is 10.2 Å². The van der Waals surface area contributed by atoms with Gasteiger partial charge in [-0.05, 0) is 45.7 Å². The molecule has 1 unspecified atom stereocenters. The molecule has 0 aromatic heterocycles. The molecule has 0 bridgehead atoms. The normalized spacial score (nSPS) is 25.2. The molecule has 1 saturated heterocycles. The van der Waals surface area contributed by atoms with Crippen LogP contribution in [0.15, 0.2) is 0 Å². The third-order valence-electron chi connectivity index (χ3n) is 4.50. The fraction of sp³-hybridized carbons (Fsp3) is 0.929. The number of amides is 1. The molecule has 104 valence electrons. The quantitative estimate of drug-likeness (QED) is 0.773. The Kier molecular flexibility index (Phi) is 4.62. The fourth-order valence-corrected chi connectivity index (χ4v) is 2.64. The monoisotopic (exact) mass is 254 g/mol. The third-order valence-corrected chi connectivity index (χ3v) is 4.50. The minimum atomic E-state index is -0.0300. The molecular formula is C14H26N2O2. The molecule has 1 saturated carbocycles. The average Bonchev–Trinajstić information content (AvgIpc) is 3.19. The average molecular weight is 254 g/mol. The third kappa shape index (κ3) is 3.45. The van der Waals surface area contributed by atoms with Crippen molar-refractivity contribution in [3.8, 4) is 0 Å². The van der Waals surface area contributed by atoms with Gasteiger partial charge in [-0.1, -0.05) is 12.8 Å². The summed E-state index contributed by atoms with van der Waals surface area (Å²) in [6.45, 7) is 4.92. The van der Waals surface area contributed by atoms with Gasteiger partial charge in [0.25, 0.3) is 0 Å². The van der Waals surface area contributed by atoms with Crippen molar-refractivity contribution < 1.29 is 9.90 Å². The van der Waals surface area contributed by atoms with Gasteiger partial charge in [0, 0.05) is 12.0 Å². The van der Waals surface area contributed by atoms with E-state index >= 15 is 0 Å². The lowest BCUT2D eigenvalue weighted by Gasteiger charge is -2.27. The lowest BCUT2D eigenvalue weighted by Crippen LogP contribution is -2.47. The van der Waals surface area contributed by atoms with Crippen molar-refractivity contribution in [3.05, 3.63) is 0 Å². The van der Waals surface area contributed by atoms with E-state index in [0.29, 0.717) is 6.54 Å². The second-order valence-electron chi connectivity index (χ2n) is 6.00. The number of likely N-dealkylation sites (tertiary alicyclic amines) is 1. The largest absolute Gasteiger partial charge is 0.396 e. The van der Waals surface area contributed by atoms with Crippen LogP contribution in [0.3, 0.4) is 0 Å². The Morgan fingerprint density at radius 1 is 1.28 bits per heavy atom. The van der Waals surface area contributed by atoms with Crippen molar-refractivity contribution in [2.45, 2.75) is 51.5 Å². The number of nitrogens with zero attached hydrogens (tertiary/aromatic N) is 1. The Bertz CT molecular complexity index is 282. The minimum absolute atomic E-state index is 0.00810. The SMILES string of the molecule is CC(C(=O)NCC1(CO)CC1)N1CCCCCC1. The molecule has 18 heavy (non-hydrogen) atoms. The summed E-state index contributed by atoms with van der Waals surface area (Å²) in [5, 5.41) is 12.2. The van der Waals surface area contributed by atoms with Crippen molar-refractivity contribution in [1.29, 1.82) is 0 Å². The summed E-state index contributed by atoms with van der Waals surface area (Å²) in [4.78, 5) is 14.4. The Morgan fingerprint density at radius 3 is 2.39 bits per heavy atom. The van der Waals surface area contributed by atoms with Gasteiger partial charge >= 0.3 is 0 Å². The molecule has 1 aliphatic carbocycles. The van der Waals surface area contributed by atoms with Crippen molar-refractivity contribution in [2.24, 2.45) is 5.41 Å². The van der Waals surface area contributed by atoms with Crippen LogP contribution in [0.2, 0.25) is 0 Å². The van der Waals surface area contributed by atoms with Crippen LogP contribution in [0.5, 0.6) is 0 Å². The maximum atomic E-state index is 12.1. The molecule has 1 atom stereocenters. The first-order chi connectivity index (χ1) is 8.67. The van der Waals surface area contributed by atoms with Crippen LogP contribution in [-0.4, -0.2) is 48.2 Å². The van der Waals surface area contributed by atoms with E-state index in [-0.39, 0.29) is 24.0 Å². The highest BCUT2D eigenvalue weighted by molar-refractivity contribution is 5.81. The first kappa shape index (κ1) is 13.8. The predicted octanol–water partition coefficient (Wildman–Crippen LogP) is 1.14. The molecule has 1 aliphatic heterocycles. The molecule has 2 N–H and O–H groups in total. The topological polar surface area (TPSA) is 52.6 Å². The van der Waals surface area contributed by atoms with E-state index in [4.69, 9.17) is 0 Å². The van der Waals surface area contributed by atoms with Crippen molar-refractivity contribution >= 4 is 5.91 Å². The summed E-state index contributed by atoms with van der Waals surface area (Å²) >= 11 is 0. The molecule has 0 spiro atoms. The number of carbonyl (C=O) groups excluding carboxylic acids is 1. The second-order valence-corrected chi connectivity index (χ2v) is 6.00. The standard InChI is InChI=1S/C14H26N2O2/c1-12(16-8-4-2-3-5-9-16)13(18)15-10-14(11-17)6-7-14/h12,17H,2-11H2,1H3,(H,15,18). The van der Waals surface area contributed by atoms with E-state index in [1.54, 1.807) is 0 Å². The highest BCUT2D eigenvalue weighted by Crippen LogP contribution is 2.44. The first-order valence-corrected chi connectivity index (χ1v) is 7.29. The van der Waals surface area contributed by atoms with E-state index in [1.807, 2.05) is 6.92 Å². The van der Waals surface area contributed by atoms with Crippen LogP contribution in [0.4, 0.5) is 0 Å². The van der Waals surface area contributed by atoms with E-state index in [1.165, 1.54) is 25.7 Å². The molecular weight excluding hydrogens is 228 g/mol. The highest BCUT2D eigenvalue weighted by atomic mass is 16.3. The lowest BCUT2D eigenvalue weighted by atomic mass is 10.1. The predicted molar refractivity (Wildman–Crippen MR) is 71.3 cm³/mol. The van der Waals surface area contributed by atoms with Crippen LogP contribution in [0.25, 0.3) is 0 Å². The zero-order valence-corrected chi connectivity index (χ0v) is 11.5. The van der Waals surface area contributed by atoms with Crippen LogP contribution < -0.4 is 5.32 Å². The Morgan fingerprint density at radius 2 is 1.89 bits per heavy atom. The highest BCUT2D eigenvalue weighted by Gasteiger charge is 2.42. The van der Waals surface area contributed by atoms with E-state index < -0.39 is 0 Å². The van der Waals surface area contributed by atoms with Gasteiger partial charge in [-0.3, -0.25) is 9.69 Å². The molecule has 0 aromatic rings.